The van der Waals surface area contributed by atoms with E-state index in [1.54, 1.807) is 44.9 Å². The monoisotopic (exact) mass is 261 g/mol. The number of nitrogens with zero attached hydrogens (tertiary/aromatic N) is 1. The minimum atomic E-state index is 0.811. The van der Waals surface area contributed by atoms with Gasteiger partial charge in [0.25, 0.3) is 0 Å². The summed E-state index contributed by atoms with van der Waals surface area (Å²) in [6.45, 7) is 1.35. The summed E-state index contributed by atoms with van der Waals surface area (Å²) >= 11 is 0. The second-order valence-corrected chi connectivity index (χ2v) is 8.84. The molecular weight excluding hydrogens is 230 g/mol. The van der Waals surface area contributed by atoms with E-state index in [9.17, 15) is 0 Å². The molecule has 1 nitrogen and oxygen atoms in total. The summed E-state index contributed by atoms with van der Waals surface area (Å²) in [5, 5.41) is 0. The van der Waals surface area contributed by atoms with Crippen LogP contribution in [0.5, 0.6) is 0 Å². The highest BCUT2D eigenvalue weighted by Gasteiger charge is 2.55. The van der Waals surface area contributed by atoms with Crippen LogP contribution in [-0.2, 0) is 0 Å². The van der Waals surface area contributed by atoms with Crippen LogP contribution in [0.25, 0.3) is 0 Å². The van der Waals surface area contributed by atoms with Crippen molar-refractivity contribution in [2.75, 3.05) is 20.6 Å². The van der Waals surface area contributed by atoms with Gasteiger partial charge in [0.15, 0.2) is 0 Å². The molecule has 0 N–H and O–H groups in total. The van der Waals surface area contributed by atoms with Gasteiger partial charge >= 0.3 is 0 Å². The molecule has 0 aliphatic heterocycles. The largest absolute Gasteiger partial charge is 0.309 e. The molecule has 0 heterocycles. The first-order valence-corrected chi connectivity index (χ1v) is 8.79. The Balaban J connectivity index is 1.57. The average Bonchev–Trinajstić information content (AvgIpc) is 2.74. The molecule has 5 aliphatic rings. The second kappa shape index (κ2) is 4.48. The van der Waals surface area contributed by atoms with E-state index in [4.69, 9.17) is 0 Å². The Labute approximate surface area is 119 Å². The summed E-state index contributed by atoms with van der Waals surface area (Å²) in [6, 6.07) is 0. The normalized spacial score (nSPS) is 52.3. The molecule has 5 rings (SSSR count). The molecule has 0 amide bonds. The molecule has 19 heavy (non-hydrogen) atoms. The summed E-state index contributed by atoms with van der Waals surface area (Å²) in [5.41, 5.74) is 0.811. The van der Waals surface area contributed by atoms with Crippen LogP contribution in [0.2, 0.25) is 0 Å². The van der Waals surface area contributed by atoms with Crippen LogP contribution in [0.15, 0.2) is 0 Å². The Hall–Kier alpha value is -0.0400. The zero-order valence-corrected chi connectivity index (χ0v) is 12.9. The summed E-state index contributed by atoms with van der Waals surface area (Å²) in [5.74, 6) is 5.50. The van der Waals surface area contributed by atoms with Crippen molar-refractivity contribution in [3.63, 3.8) is 0 Å². The fourth-order valence-corrected chi connectivity index (χ4v) is 7.16. The number of hydrogen-bond acceptors (Lipinski definition) is 1. The highest BCUT2D eigenvalue weighted by atomic mass is 15.1. The Morgan fingerprint density at radius 3 is 2.00 bits per heavy atom. The van der Waals surface area contributed by atoms with Crippen molar-refractivity contribution >= 4 is 0 Å². The third-order valence-electron chi connectivity index (χ3n) is 7.13. The van der Waals surface area contributed by atoms with Crippen molar-refractivity contribution < 1.29 is 0 Å². The molecule has 0 spiro atoms. The van der Waals surface area contributed by atoms with Crippen molar-refractivity contribution in [2.45, 2.75) is 57.8 Å². The third-order valence-corrected chi connectivity index (χ3v) is 7.13. The van der Waals surface area contributed by atoms with Crippen LogP contribution in [0.1, 0.15) is 57.8 Å². The van der Waals surface area contributed by atoms with Crippen LogP contribution >= 0.6 is 0 Å². The summed E-state index contributed by atoms with van der Waals surface area (Å²) in [7, 11) is 4.55. The molecule has 4 bridgehead atoms. The van der Waals surface area contributed by atoms with E-state index in [0.29, 0.717) is 0 Å². The van der Waals surface area contributed by atoms with Gasteiger partial charge in [0, 0.05) is 6.54 Å². The molecule has 108 valence electrons. The fourth-order valence-electron chi connectivity index (χ4n) is 7.16. The second-order valence-electron chi connectivity index (χ2n) is 8.84. The Kier molecular flexibility index (Phi) is 2.99. The smallest absolute Gasteiger partial charge is 0.000641 e. The molecule has 1 heteroatoms. The minimum Gasteiger partial charge on any atom is -0.309 e. The molecule has 0 saturated heterocycles. The minimum absolute atomic E-state index is 0.811. The maximum atomic E-state index is 2.45. The van der Waals surface area contributed by atoms with Gasteiger partial charge in [-0.1, -0.05) is 6.42 Å². The lowest BCUT2D eigenvalue weighted by atomic mass is 9.45. The standard InChI is InChI=1S/C18H31N/c1-19(2)12-16-4-3-5-17(16)18-9-13-6-14(10-18)8-15(7-13)11-18/h13-17H,3-12H2,1-2H3. The molecule has 0 aromatic rings. The molecule has 5 saturated carbocycles. The van der Waals surface area contributed by atoms with Crippen LogP contribution in [-0.4, -0.2) is 25.5 Å². The van der Waals surface area contributed by atoms with Gasteiger partial charge in [-0.25, -0.2) is 0 Å². The van der Waals surface area contributed by atoms with Gasteiger partial charge in [0.2, 0.25) is 0 Å². The van der Waals surface area contributed by atoms with E-state index in [1.165, 1.54) is 19.4 Å². The molecule has 2 unspecified atom stereocenters. The average molecular weight is 261 g/mol. The maximum Gasteiger partial charge on any atom is 0.000641 e. The van der Waals surface area contributed by atoms with Crippen molar-refractivity contribution in [1.29, 1.82) is 0 Å². The fraction of sp³-hybridized carbons (Fsp3) is 1.00. The summed E-state index contributed by atoms with van der Waals surface area (Å²) in [4.78, 5) is 2.45. The first kappa shape index (κ1) is 12.7. The first-order valence-electron chi connectivity index (χ1n) is 8.79. The van der Waals surface area contributed by atoms with E-state index in [1.807, 2.05) is 0 Å². The Morgan fingerprint density at radius 2 is 1.47 bits per heavy atom. The van der Waals surface area contributed by atoms with E-state index < -0.39 is 0 Å². The van der Waals surface area contributed by atoms with Gasteiger partial charge in [0.1, 0.15) is 0 Å². The quantitative estimate of drug-likeness (QED) is 0.736. The van der Waals surface area contributed by atoms with Gasteiger partial charge in [-0.3, -0.25) is 0 Å². The SMILES string of the molecule is CN(C)CC1CCCC1C12CC3CC(CC(C3)C1)C2. The first-order chi connectivity index (χ1) is 9.14. The van der Waals surface area contributed by atoms with E-state index in [0.717, 1.165) is 35.0 Å². The lowest BCUT2D eigenvalue weighted by Crippen LogP contribution is -2.51. The summed E-state index contributed by atoms with van der Waals surface area (Å²) < 4.78 is 0. The van der Waals surface area contributed by atoms with Crippen molar-refractivity contribution in [3.05, 3.63) is 0 Å². The maximum absolute atomic E-state index is 2.45. The molecule has 0 radical (unpaired) electrons. The van der Waals surface area contributed by atoms with Gasteiger partial charge in [-0.15, -0.1) is 0 Å². The van der Waals surface area contributed by atoms with Gasteiger partial charge < -0.3 is 4.90 Å². The van der Waals surface area contributed by atoms with E-state index in [2.05, 4.69) is 19.0 Å². The van der Waals surface area contributed by atoms with Crippen molar-refractivity contribution in [3.8, 4) is 0 Å². The predicted molar refractivity (Wildman–Crippen MR) is 80.0 cm³/mol. The van der Waals surface area contributed by atoms with Crippen molar-refractivity contribution in [2.24, 2.45) is 35.0 Å². The molecule has 0 aromatic carbocycles. The molecule has 2 atom stereocenters. The lowest BCUT2D eigenvalue weighted by molar-refractivity contribution is -0.0973. The highest BCUT2D eigenvalue weighted by molar-refractivity contribution is 5.06. The predicted octanol–water partition coefficient (Wildman–Crippen LogP) is 4.18. The Bertz CT molecular complexity index is 310. The number of hydrogen-bond donors (Lipinski definition) is 0. The van der Waals surface area contributed by atoms with Crippen LogP contribution in [0, 0.1) is 35.0 Å². The van der Waals surface area contributed by atoms with Crippen molar-refractivity contribution in [1.82, 2.24) is 4.90 Å². The molecule has 0 aromatic heterocycles. The van der Waals surface area contributed by atoms with Gasteiger partial charge in [0.05, 0.1) is 0 Å². The summed E-state index contributed by atoms with van der Waals surface area (Å²) in [6.07, 6.45) is 14.3. The number of rotatable bonds is 3. The molecule has 5 fully saturated rings. The van der Waals surface area contributed by atoms with Crippen LogP contribution in [0.3, 0.4) is 0 Å². The highest BCUT2D eigenvalue weighted by Crippen LogP contribution is 2.65. The van der Waals surface area contributed by atoms with Crippen LogP contribution < -0.4 is 0 Å². The third kappa shape index (κ3) is 2.07. The Morgan fingerprint density at radius 1 is 0.895 bits per heavy atom. The van der Waals surface area contributed by atoms with Crippen LogP contribution in [0.4, 0.5) is 0 Å². The van der Waals surface area contributed by atoms with E-state index in [-0.39, 0.29) is 0 Å². The zero-order chi connectivity index (χ0) is 13.0. The van der Waals surface area contributed by atoms with Gasteiger partial charge in [-0.05, 0) is 100 Å². The topological polar surface area (TPSA) is 3.24 Å². The zero-order valence-electron chi connectivity index (χ0n) is 12.9. The molecule has 5 aliphatic carbocycles. The van der Waals surface area contributed by atoms with Gasteiger partial charge in [-0.2, -0.15) is 0 Å². The lowest BCUT2D eigenvalue weighted by Gasteiger charge is -2.60. The van der Waals surface area contributed by atoms with E-state index >= 15 is 0 Å². The molecular formula is C18H31N.